The average molecular weight is 294 g/mol. The van der Waals surface area contributed by atoms with E-state index < -0.39 is 6.04 Å². The van der Waals surface area contributed by atoms with Crippen molar-refractivity contribution in [3.05, 3.63) is 64.4 Å². The molecule has 2 unspecified atom stereocenters. The van der Waals surface area contributed by atoms with Crippen molar-refractivity contribution >= 4 is 11.6 Å². The minimum atomic E-state index is -0.413. The summed E-state index contributed by atoms with van der Waals surface area (Å²) in [5.74, 6) is 0.390. The number of nitrogens with two attached hydrogens (primary N) is 1. The Hall–Kier alpha value is -1.58. The number of benzene rings is 2. The fraction of sp³-hybridized carbons (Fsp3) is 0.250. The van der Waals surface area contributed by atoms with E-state index in [9.17, 15) is 4.39 Å². The smallest absolute Gasteiger partial charge is 0.126 e. The minimum absolute atomic E-state index is 0.257. The number of halogens is 2. The Labute approximate surface area is 123 Å². The summed E-state index contributed by atoms with van der Waals surface area (Å²) in [4.78, 5) is 0. The van der Waals surface area contributed by atoms with Crippen LogP contribution in [0.25, 0.3) is 0 Å². The number of hydrogen-bond donors (Lipinski definition) is 1. The van der Waals surface area contributed by atoms with Crippen molar-refractivity contribution < 1.29 is 9.13 Å². The van der Waals surface area contributed by atoms with Gasteiger partial charge >= 0.3 is 0 Å². The number of aryl methyl sites for hydroxylation is 1. The van der Waals surface area contributed by atoms with Crippen molar-refractivity contribution in [2.75, 3.05) is 0 Å². The van der Waals surface area contributed by atoms with Gasteiger partial charge in [-0.1, -0.05) is 29.8 Å². The molecule has 2 nitrogen and oxygen atoms in total. The fourth-order valence-electron chi connectivity index (χ4n) is 1.92. The van der Waals surface area contributed by atoms with Gasteiger partial charge in [-0.05, 0) is 49.2 Å². The molecule has 106 valence electrons. The van der Waals surface area contributed by atoms with Gasteiger partial charge in [0.15, 0.2) is 0 Å². The average Bonchev–Trinajstić information content (AvgIpc) is 2.41. The van der Waals surface area contributed by atoms with Gasteiger partial charge in [0.1, 0.15) is 17.7 Å². The van der Waals surface area contributed by atoms with Gasteiger partial charge < -0.3 is 10.5 Å². The second kappa shape index (κ2) is 6.25. The zero-order valence-electron chi connectivity index (χ0n) is 11.4. The molecule has 0 amide bonds. The van der Waals surface area contributed by atoms with Crippen molar-refractivity contribution in [1.29, 1.82) is 0 Å². The van der Waals surface area contributed by atoms with E-state index >= 15 is 0 Å². The van der Waals surface area contributed by atoms with E-state index in [2.05, 4.69) is 0 Å². The van der Waals surface area contributed by atoms with Crippen LogP contribution in [0, 0.1) is 12.7 Å². The Morgan fingerprint density at radius 1 is 1.20 bits per heavy atom. The van der Waals surface area contributed by atoms with Crippen LogP contribution in [0.15, 0.2) is 42.5 Å². The van der Waals surface area contributed by atoms with E-state index in [0.717, 1.165) is 0 Å². The lowest BCUT2D eigenvalue weighted by Crippen LogP contribution is -2.28. The summed E-state index contributed by atoms with van der Waals surface area (Å²) >= 11 is 5.90. The quantitative estimate of drug-likeness (QED) is 0.914. The first-order chi connectivity index (χ1) is 9.47. The summed E-state index contributed by atoms with van der Waals surface area (Å²) in [6.45, 7) is 3.57. The van der Waals surface area contributed by atoms with Crippen molar-refractivity contribution in [3.63, 3.8) is 0 Å². The van der Waals surface area contributed by atoms with Crippen LogP contribution in [0.3, 0.4) is 0 Å². The van der Waals surface area contributed by atoms with E-state index in [0.29, 0.717) is 21.9 Å². The van der Waals surface area contributed by atoms with Gasteiger partial charge in [-0.25, -0.2) is 4.39 Å². The van der Waals surface area contributed by atoms with Crippen molar-refractivity contribution in [1.82, 2.24) is 0 Å². The molecule has 20 heavy (non-hydrogen) atoms. The zero-order valence-corrected chi connectivity index (χ0v) is 12.2. The maximum Gasteiger partial charge on any atom is 0.126 e. The zero-order chi connectivity index (χ0) is 14.7. The lowest BCUT2D eigenvalue weighted by molar-refractivity contribution is 0.190. The van der Waals surface area contributed by atoms with Gasteiger partial charge in [-0.3, -0.25) is 0 Å². The first-order valence-electron chi connectivity index (χ1n) is 6.41. The monoisotopic (exact) mass is 293 g/mol. The van der Waals surface area contributed by atoms with E-state index in [1.165, 1.54) is 6.07 Å². The molecule has 0 aliphatic heterocycles. The second-order valence-electron chi connectivity index (χ2n) is 4.81. The maximum atomic E-state index is 13.6. The number of rotatable bonds is 4. The van der Waals surface area contributed by atoms with E-state index in [1.54, 1.807) is 31.2 Å². The molecule has 0 radical (unpaired) electrons. The summed E-state index contributed by atoms with van der Waals surface area (Å²) in [5.41, 5.74) is 7.43. The molecule has 2 aromatic carbocycles. The third-order valence-corrected chi connectivity index (χ3v) is 3.44. The molecule has 0 heterocycles. The topological polar surface area (TPSA) is 35.2 Å². The van der Waals surface area contributed by atoms with Crippen LogP contribution in [0.4, 0.5) is 4.39 Å². The fourth-order valence-corrected chi connectivity index (χ4v) is 2.10. The standard InChI is InChI=1S/C16H17ClFNO/c1-10-6-7-12(8-15(10)18)16(19)11(2)20-14-5-3-4-13(17)9-14/h3-9,11,16H,19H2,1-2H3. The van der Waals surface area contributed by atoms with Crippen LogP contribution in [-0.4, -0.2) is 6.10 Å². The van der Waals surface area contributed by atoms with Crippen molar-refractivity contribution in [3.8, 4) is 5.75 Å². The molecule has 2 atom stereocenters. The summed E-state index contributed by atoms with van der Waals surface area (Å²) < 4.78 is 19.3. The van der Waals surface area contributed by atoms with Crippen molar-refractivity contribution in [2.45, 2.75) is 26.0 Å². The molecule has 0 fully saturated rings. The van der Waals surface area contributed by atoms with Crippen LogP contribution in [-0.2, 0) is 0 Å². The first-order valence-corrected chi connectivity index (χ1v) is 6.79. The summed E-state index contributed by atoms with van der Waals surface area (Å²) in [7, 11) is 0. The number of ether oxygens (including phenoxy) is 1. The summed E-state index contributed by atoms with van der Waals surface area (Å²) in [6, 6.07) is 11.7. The second-order valence-corrected chi connectivity index (χ2v) is 5.25. The molecule has 2 aromatic rings. The Morgan fingerprint density at radius 3 is 2.60 bits per heavy atom. The van der Waals surface area contributed by atoms with Crippen LogP contribution >= 0.6 is 11.6 Å². The van der Waals surface area contributed by atoms with E-state index in [1.807, 2.05) is 19.1 Å². The molecular formula is C16H17ClFNO. The Kier molecular flexibility index (Phi) is 4.63. The summed E-state index contributed by atoms with van der Waals surface area (Å²) in [5, 5.41) is 0.602. The molecule has 0 aromatic heterocycles. The minimum Gasteiger partial charge on any atom is -0.489 e. The van der Waals surface area contributed by atoms with Gasteiger partial charge in [0.05, 0.1) is 6.04 Å². The molecule has 4 heteroatoms. The van der Waals surface area contributed by atoms with E-state index in [-0.39, 0.29) is 11.9 Å². The highest BCUT2D eigenvalue weighted by atomic mass is 35.5. The predicted octanol–water partition coefficient (Wildman–Crippen LogP) is 4.25. The molecule has 2 N–H and O–H groups in total. The lowest BCUT2D eigenvalue weighted by atomic mass is 10.0. The van der Waals surface area contributed by atoms with Gasteiger partial charge in [0.2, 0.25) is 0 Å². The molecule has 0 spiro atoms. The Balaban J connectivity index is 2.11. The molecule has 0 saturated carbocycles. The molecule has 0 aliphatic carbocycles. The molecule has 0 bridgehead atoms. The van der Waals surface area contributed by atoms with Gasteiger partial charge in [0, 0.05) is 5.02 Å². The SMILES string of the molecule is Cc1ccc(C(N)C(C)Oc2cccc(Cl)c2)cc1F. The van der Waals surface area contributed by atoms with Gasteiger partial charge in [-0.15, -0.1) is 0 Å². The number of hydrogen-bond acceptors (Lipinski definition) is 2. The Morgan fingerprint density at radius 2 is 1.95 bits per heavy atom. The normalized spacial score (nSPS) is 13.8. The highest BCUT2D eigenvalue weighted by Gasteiger charge is 2.17. The molecule has 0 aliphatic rings. The summed E-state index contributed by atoms with van der Waals surface area (Å²) in [6.07, 6.45) is -0.296. The van der Waals surface area contributed by atoms with Crippen molar-refractivity contribution in [2.24, 2.45) is 5.73 Å². The third-order valence-electron chi connectivity index (χ3n) is 3.20. The van der Waals surface area contributed by atoms with E-state index in [4.69, 9.17) is 22.1 Å². The molecule has 0 saturated heterocycles. The maximum absolute atomic E-state index is 13.6. The third kappa shape index (κ3) is 3.50. The van der Waals surface area contributed by atoms with Crippen LogP contribution in [0.2, 0.25) is 5.02 Å². The highest BCUT2D eigenvalue weighted by molar-refractivity contribution is 6.30. The largest absolute Gasteiger partial charge is 0.489 e. The predicted molar refractivity (Wildman–Crippen MR) is 79.6 cm³/mol. The van der Waals surface area contributed by atoms with Gasteiger partial charge in [0.25, 0.3) is 0 Å². The lowest BCUT2D eigenvalue weighted by Gasteiger charge is -2.22. The molecule has 2 rings (SSSR count). The first kappa shape index (κ1) is 14.8. The van der Waals surface area contributed by atoms with Crippen LogP contribution < -0.4 is 10.5 Å². The highest BCUT2D eigenvalue weighted by Crippen LogP contribution is 2.23. The molecular weight excluding hydrogens is 277 g/mol. The van der Waals surface area contributed by atoms with Crippen LogP contribution in [0.5, 0.6) is 5.75 Å². The van der Waals surface area contributed by atoms with Crippen LogP contribution in [0.1, 0.15) is 24.1 Å². The Bertz CT molecular complexity index is 603. The van der Waals surface area contributed by atoms with Gasteiger partial charge in [-0.2, -0.15) is 0 Å².